The zero-order valence-corrected chi connectivity index (χ0v) is 4.77. The molecule has 0 unspecified atom stereocenters. The summed E-state index contributed by atoms with van der Waals surface area (Å²) >= 11 is 0. The van der Waals surface area contributed by atoms with Crippen molar-refractivity contribution in [3.63, 3.8) is 0 Å². The quantitative estimate of drug-likeness (QED) is 0.364. The maximum absolute atomic E-state index is 9.56. The number of Topliss-reactive ketones (excluding diaryl/α,β-unsaturated/α-hetero) is 1. The van der Waals surface area contributed by atoms with Crippen LogP contribution < -0.4 is 0 Å². The van der Waals surface area contributed by atoms with Gasteiger partial charge in [0.25, 0.3) is 5.09 Å². The third kappa shape index (κ3) is 231. The van der Waals surface area contributed by atoms with E-state index in [1.165, 1.54) is 6.92 Å². The van der Waals surface area contributed by atoms with Gasteiger partial charge in [-0.2, -0.15) is 0 Å². The molecule has 0 heterocycles. The van der Waals surface area contributed by atoms with Crippen LogP contribution in [0.15, 0.2) is 0 Å². The Labute approximate surface area is 50.8 Å². The van der Waals surface area contributed by atoms with Crippen molar-refractivity contribution in [2.24, 2.45) is 0 Å². The fraction of sp³-hybridized carbons (Fsp3) is 0.667. The van der Waals surface area contributed by atoms with Crippen LogP contribution in [0.2, 0.25) is 0 Å². The van der Waals surface area contributed by atoms with Gasteiger partial charge in [0, 0.05) is 0 Å². The topological polar surface area (TPSA) is 101 Å². The van der Waals surface area contributed by atoms with Gasteiger partial charge in [0.1, 0.15) is 6.61 Å². The van der Waals surface area contributed by atoms with Crippen LogP contribution in [0.1, 0.15) is 6.92 Å². The van der Waals surface area contributed by atoms with Crippen molar-refractivity contribution >= 4 is 5.78 Å². The van der Waals surface area contributed by atoms with Gasteiger partial charge in [-0.25, -0.2) is 0 Å². The van der Waals surface area contributed by atoms with Gasteiger partial charge < -0.3 is 10.3 Å². The number of aliphatic hydroxyl groups is 1. The Kier molecular flexibility index (Phi) is 8.16. The first-order chi connectivity index (χ1) is 4.00. The van der Waals surface area contributed by atoms with Gasteiger partial charge in [0.05, 0.1) is 0 Å². The summed E-state index contributed by atoms with van der Waals surface area (Å²) in [5, 5.41) is 21.4. The molecule has 2 N–H and O–H groups in total. The average molecular weight is 137 g/mol. The lowest BCUT2D eigenvalue weighted by Gasteiger charge is -1.72. The van der Waals surface area contributed by atoms with Crippen LogP contribution in [0.3, 0.4) is 0 Å². The molecule has 0 aromatic carbocycles. The molecule has 0 saturated carbocycles. The Morgan fingerprint density at radius 3 is 1.89 bits per heavy atom. The summed E-state index contributed by atoms with van der Waals surface area (Å²) in [4.78, 5) is 17.9. The Hall–Kier alpha value is -1.17. The van der Waals surface area contributed by atoms with E-state index in [2.05, 4.69) is 0 Å². The maximum Gasteiger partial charge on any atom is 0.291 e. The number of hydrogen-bond acceptors (Lipinski definition) is 4. The molecule has 0 aliphatic carbocycles. The molecule has 0 aliphatic heterocycles. The first-order valence-corrected chi connectivity index (χ1v) is 1.94. The molecule has 6 nitrogen and oxygen atoms in total. The first-order valence-electron chi connectivity index (χ1n) is 1.94. The summed E-state index contributed by atoms with van der Waals surface area (Å²) in [5.41, 5.74) is 0. The van der Waals surface area contributed by atoms with Gasteiger partial charge in [-0.05, 0) is 6.92 Å². The summed E-state index contributed by atoms with van der Waals surface area (Å²) in [6.45, 7) is 1.000. The molecule has 0 saturated heterocycles. The van der Waals surface area contributed by atoms with Crippen molar-refractivity contribution < 1.29 is 20.2 Å². The minimum Gasteiger partial charge on any atom is -0.389 e. The van der Waals surface area contributed by atoms with Crippen LogP contribution in [0.25, 0.3) is 0 Å². The fourth-order valence-electron chi connectivity index (χ4n) is 0. The third-order valence-corrected chi connectivity index (χ3v) is 0.223. The molecule has 0 radical (unpaired) electrons. The van der Waals surface area contributed by atoms with Crippen molar-refractivity contribution in [3.05, 3.63) is 10.1 Å². The number of carbonyl (C=O) groups excluding carboxylic acids is 1. The predicted molar refractivity (Wildman–Crippen MR) is 26.5 cm³/mol. The Morgan fingerprint density at radius 1 is 1.78 bits per heavy atom. The second-order valence-corrected chi connectivity index (χ2v) is 1.10. The zero-order valence-electron chi connectivity index (χ0n) is 4.77. The summed E-state index contributed by atoms with van der Waals surface area (Å²) in [7, 11) is 0. The number of aliphatic hydroxyl groups excluding tert-OH is 1. The van der Waals surface area contributed by atoms with E-state index in [1.54, 1.807) is 0 Å². The average Bonchev–Trinajstić information content (AvgIpc) is 1.65. The van der Waals surface area contributed by atoms with Crippen molar-refractivity contribution in [1.82, 2.24) is 0 Å². The zero-order chi connectivity index (χ0) is 7.86. The highest BCUT2D eigenvalue weighted by atomic mass is 16.9. The molecule has 54 valence electrons. The number of rotatable bonds is 1. The molecule has 9 heavy (non-hydrogen) atoms. The second kappa shape index (κ2) is 6.83. The number of hydrogen-bond donors (Lipinski definition) is 2. The molecule has 0 bridgehead atoms. The number of carbonyl (C=O) groups is 1. The minimum absolute atomic E-state index is 0.190. The lowest BCUT2D eigenvalue weighted by atomic mass is 10.5. The molecular formula is C3H7NO5. The van der Waals surface area contributed by atoms with E-state index >= 15 is 0 Å². The summed E-state index contributed by atoms with van der Waals surface area (Å²) in [6, 6.07) is 0. The van der Waals surface area contributed by atoms with Gasteiger partial charge in [0.15, 0.2) is 5.78 Å². The van der Waals surface area contributed by atoms with Gasteiger partial charge in [-0.3, -0.25) is 4.79 Å². The monoisotopic (exact) mass is 137 g/mol. The van der Waals surface area contributed by atoms with Crippen LogP contribution in [0.4, 0.5) is 0 Å². The molecule has 0 aromatic heterocycles. The molecule has 0 fully saturated rings. The first kappa shape index (κ1) is 10.7. The fourth-order valence-corrected chi connectivity index (χ4v) is 0. The molecule has 0 aromatic rings. The molecule has 0 amide bonds. The van der Waals surface area contributed by atoms with Gasteiger partial charge in [-0.1, -0.05) is 0 Å². The molecule has 0 rings (SSSR count). The van der Waals surface area contributed by atoms with E-state index in [1.807, 2.05) is 0 Å². The summed E-state index contributed by atoms with van der Waals surface area (Å²) < 4.78 is 0. The summed E-state index contributed by atoms with van der Waals surface area (Å²) in [5.74, 6) is -0.190. The van der Waals surface area contributed by atoms with Crippen LogP contribution >= 0.6 is 0 Å². The van der Waals surface area contributed by atoms with Crippen molar-refractivity contribution in [2.45, 2.75) is 6.92 Å². The van der Waals surface area contributed by atoms with Gasteiger partial charge in [-0.15, -0.1) is 10.1 Å². The Bertz CT molecular complexity index is 96.4. The lowest BCUT2D eigenvalue weighted by Crippen LogP contribution is -1.93. The highest BCUT2D eigenvalue weighted by molar-refractivity contribution is 5.76. The molecule has 6 heteroatoms. The standard InChI is InChI=1S/C3H6O2.HNO3/c1-3(5)2-4;2-1(3)4/h4H,2H2,1H3;(H,2,3,4). The van der Waals surface area contributed by atoms with Gasteiger partial charge in [0.2, 0.25) is 0 Å². The van der Waals surface area contributed by atoms with Crippen molar-refractivity contribution in [1.29, 1.82) is 0 Å². The largest absolute Gasteiger partial charge is 0.389 e. The van der Waals surface area contributed by atoms with E-state index in [0.29, 0.717) is 0 Å². The van der Waals surface area contributed by atoms with Crippen LogP contribution in [0.5, 0.6) is 0 Å². The number of ketones is 1. The highest BCUT2D eigenvalue weighted by Crippen LogP contribution is 1.55. The maximum atomic E-state index is 9.56. The van der Waals surface area contributed by atoms with E-state index in [9.17, 15) is 4.79 Å². The predicted octanol–water partition coefficient (Wildman–Crippen LogP) is -0.780. The molecule has 0 atom stereocenters. The molecule has 0 spiro atoms. The van der Waals surface area contributed by atoms with E-state index in [0.717, 1.165) is 0 Å². The Morgan fingerprint density at radius 2 is 1.89 bits per heavy atom. The normalized spacial score (nSPS) is 6.89. The summed E-state index contributed by atoms with van der Waals surface area (Å²) in [6.07, 6.45) is 0. The van der Waals surface area contributed by atoms with E-state index in [4.69, 9.17) is 20.4 Å². The van der Waals surface area contributed by atoms with Crippen LogP contribution in [-0.4, -0.2) is 27.8 Å². The molecule has 0 aliphatic rings. The van der Waals surface area contributed by atoms with Crippen LogP contribution in [0, 0.1) is 10.1 Å². The van der Waals surface area contributed by atoms with E-state index in [-0.39, 0.29) is 12.4 Å². The highest BCUT2D eigenvalue weighted by Gasteiger charge is 1.78. The number of nitrogens with zero attached hydrogens (tertiary/aromatic N) is 1. The SMILES string of the molecule is CC(=O)CO.O=[N+]([O-])O. The van der Waals surface area contributed by atoms with Crippen molar-refractivity contribution in [2.75, 3.05) is 6.61 Å². The third-order valence-electron chi connectivity index (χ3n) is 0.223. The minimum atomic E-state index is -1.50. The van der Waals surface area contributed by atoms with Crippen LogP contribution in [-0.2, 0) is 4.79 Å². The lowest BCUT2D eigenvalue weighted by molar-refractivity contribution is -0.742. The molecular weight excluding hydrogens is 130 g/mol. The Balaban J connectivity index is 0. The smallest absolute Gasteiger partial charge is 0.291 e. The van der Waals surface area contributed by atoms with Crippen molar-refractivity contribution in [3.8, 4) is 0 Å². The second-order valence-electron chi connectivity index (χ2n) is 1.10. The van der Waals surface area contributed by atoms with E-state index < -0.39 is 5.09 Å². The van der Waals surface area contributed by atoms with Gasteiger partial charge >= 0.3 is 0 Å².